The molecule has 1 amide bonds. The summed E-state index contributed by atoms with van der Waals surface area (Å²) >= 11 is 1.29. The average molecular weight is 401 g/mol. The monoisotopic (exact) mass is 401 g/mol. The van der Waals surface area contributed by atoms with Crippen LogP contribution < -0.4 is 5.32 Å². The number of ether oxygens (including phenoxy) is 2. The fourth-order valence-electron chi connectivity index (χ4n) is 2.80. The third-order valence-electron chi connectivity index (χ3n) is 4.40. The molecule has 0 bridgehead atoms. The van der Waals surface area contributed by atoms with Crippen molar-refractivity contribution in [2.24, 2.45) is 0 Å². The summed E-state index contributed by atoms with van der Waals surface area (Å²) < 4.78 is 10.2. The molecule has 1 saturated carbocycles. The summed E-state index contributed by atoms with van der Waals surface area (Å²) in [6, 6.07) is 7.54. The van der Waals surface area contributed by atoms with Crippen molar-refractivity contribution in [3.8, 4) is 0 Å². The van der Waals surface area contributed by atoms with Crippen molar-refractivity contribution in [1.82, 2.24) is 0 Å². The summed E-state index contributed by atoms with van der Waals surface area (Å²) in [6.07, 6.45) is 2.17. The maximum atomic E-state index is 12.3. The molecule has 1 fully saturated rings. The Bertz CT molecular complexity index is 867. The Morgan fingerprint density at radius 3 is 2.50 bits per heavy atom. The van der Waals surface area contributed by atoms with E-state index in [1.807, 2.05) is 36.6 Å². The van der Waals surface area contributed by atoms with Crippen LogP contribution in [0.5, 0.6) is 0 Å². The van der Waals surface area contributed by atoms with Gasteiger partial charge in [-0.3, -0.25) is 9.59 Å². The van der Waals surface area contributed by atoms with Crippen LogP contribution in [0, 0.1) is 6.92 Å². The highest BCUT2D eigenvalue weighted by atomic mass is 32.1. The van der Waals surface area contributed by atoms with Gasteiger partial charge in [-0.2, -0.15) is 0 Å². The Balaban J connectivity index is 1.56. The number of benzene rings is 1. The number of nitrogens with one attached hydrogen (secondary N) is 1. The van der Waals surface area contributed by atoms with E-state index in [-0.39, 0.29) is 13.0 Å². The third-order valence-corrected chi connectivity index (χ3v) is 5.32. The van der Waals surface area contributed by atoms with E-state index in [2.05, 4.69) is 5.32 Å². The molecule has 2 aromatic rings. The number of hydrogen-bond donors (Lipinski definition) is 1. The largest absolute Gasteiger partial charge is 0.462 e. The van der Waals surface area contributed by atoms with Gasteiger partial charge in [-0.05, 0) is 49.1 Å². The number of carbonyl (C=O) groups excluding carboxylic acids is 3. The minimum Gasteiger partial charge on any atom is -0.462 e. The highest BCUT2D eigenvalue weighted by molar-refractivity contribution is 7.15. The quantitative estimate of drug-likeness (QED) is 0.680. The van der Waals surface area contributed by atoms with E-state index in [0.717, 1.165) is 29.5 Å². The van der Waals surface area contributed by atoms with Gasteiger partial charge < -0.3 is 14.8 Å². The van der Waals surface area contributed by atoms with Gasteiger partial charge >= 0.3 is 11.9 Å². The van der Waals surface area contributed by atoms with Crippen molar-refractivity contribution in [2.45, 2.75) is 39.0 Å². The first-order valence-corrected chi connectivity index (χ1v) is 10.2. The molecule has 148 valence electrons. The van der Waals surface area contributed by atoms with Crippen molar-refractivity contribution in [1.29, 1.82) is 0 Å². The second-order valence-corrected chi connectivity index (χ2v) is 7.64. The molecular formula is C21H23NO5S. The number of rotatable bonds is 8. The molecule has 0 radical (unpaired) electrons. The topological polar surface area (TPSA) is 81.7 Å². The molecule has 1 aromatic heterocycles. The Morgan fingerprint density at radius 2 is 1.86 bits per heavy atom. The zero-order chi connectivity index (χ0) is 20.1. The number of thiophene rings is 1. The summed E-state index contributed by atoms with van der Waals surface area (Å²) in [5.41, 5.74) is 3.28. The number of esters is 2. The lowest BCUT2D eigenvalue weighted by Gasteiger charge is -2.09. The van der Waals surface area contributed by atoms with Gasteiger partial charge in [0, 0.05) is 0 Å². The molecule has 0 spiro atoms. The molecule has 3 rings (SSSR count). The maximum Gasteiger partial charge on any atom is 0.341 e. The molecule has 1 heterocycles. The van der Waals surface area contributed by atoms with Crippen LogP contribution in [0.1, 0.15) is 52.7 Å². The summed E-state index contributed by atoms with van der Waals surface area (Å²) in [6.45, 7) is 3.58. The van der Waals surface area contributed by atoms with E-state index in [1.165, 1.54) is 11.3 Å². The van der Waals surface area contributed by atoms with Crippen LogP contribution in [0.15, 0.2) is 29.6 Å². The molecule has 0 aliphatic heterocycles. The molecule has 28 heavy (non-hydrogen) atoms. The number of aryl methyl sites for hydroxylation is 1. The lowest BCUT2D eigenvalue weighted by atomic mass is 10.1. The molecule has 0 atom stereocenters. The van der Waals surface area contributed by atoms with E-state index in [4.69, 9.17) is 9.47 Å². The second-order valence-electron chi connectivity index (χ2n) is 6.76. The lowest BCUT2D eigenvalue weighted by Crippen LogP contribution is -2.22. The Morgan fingerprint density at radius 1 is 1.14 bits per heavy atom. The summed E-state index contributed by atoms with van der Waals surface area (Å²) in [5.74, 6) is -1.03. The van der Waals surface area contributed by atoms with Crippen LogP contribution in [-0.4, -0.2) is 31.1 Å². The fourth-order valence-corrected chi connectivity index (χ4v) is 3.85. The van der Waals surface area contributed by atoms with Crippen molar-refractivity contribution >= 4 is 34.2 Å². The SMILES string of the molecule is CCOC(=O)c1c(C2CC2)csc1NC(=O)COC(=O)Cc1ccc(C)cc1. The van der Waals surface area contributed by atoms with E-state index in [9.17, 15) is 14.4 Å². The van der Waals surface area contributed by atoms with Crippen molar-refractivity contribution in [3.63, 3.8) is 0 Å². The van der Waals surface area contributed by atoms with Crippen LogP contribution in [0.2, 0.25) is 0 Å². The van der Waals surface area contributed by atoms with Crippen molar-refractivity contribution in [2.75, 3.05) is 18.5 Å². The molecule has 1 aliphatic carbocycles. The number of carbonyl (C=O) groups is 3. The number of anilines is 1. The normalized spacial score (nSPS) is 13.1. The Kier molecular flexibility index (Phi) is 6.46. The first-order chi connectivity index (χ1) is 13.5. The standard InChI is InChI=1S/C21H23NO5S/c1-3-26-21(25)19-16(15-8-9-15)12-28-20(19)22-17(23)11-27-18(24)10-14-6-4-13(2)5-7-14/h4-7,12,15H,3,8-11H2,1-2H3,(H,22,23). The third kappa shape index (κ3) is 5.19. The second kappa shape index (κ2) is 9.01. The molecule has 7 heteroatoms. The van der Waals surface area contributed by atoms with E-state index >= 15 is 0 Å². The van der Waals surface area contributed by atoms with Crippen LogP contribution in [0.25, 0.3) is 0 Å². The molecule has 1 aromatic carbocycles. The predicted molar refractivity (Wildman–Crippen MR) is 107 cm³/mol. The van der Waals surface area contributed by atoms with Gasteiger partial charge in [0.1, 0.15) is 5.00 Å². The number of hydrogen-bond acceptors (Lipinski definition) is 6. The van der Waals surface area contributed by atoms with Gasteiger partial charge in [-0.15, -0.1) is 11.3 Å². The van der Waals surface area contributed by atoms with Crippen LogP contribution in [0.4, 0.5) is 5.00 Å². The molecule has 0 saturated heterocycles. The Hall–Kier alpha value is -2.67. The van der Waals surface area contributed by atoms with Crippen molar-refractivity contribution in [3.05, 3.63) is 51.9 Å². The van der Waals surface area contributed by atoms with E-state index in [0.29, 0.717) is 16.5 Å². The average Bonchev–Trinajstić information content (AvgIpc) is 3.43. The zero-order valence-corrected chi connectivity index (χ0v) is 16.8. The molecule has 1 aliphatic rings. The van der Waals surface area contributed by atoms with E-state index < -0.39 is 24.5 Å². The van der Waals surface area contributed by atoms with E-state index in [1.54, 1.807) is 6.92 Å². The summed E-state index contributed by atoms with van der Waals surface area (Å²) in [5, 5.41) is 5.02. The van der Waals surface area contributed by atoms with Gasteiger partial charge in [-0.1, -0.05) is 29.8 Å². The van der Waals surface area contributed by atoms with Crippen LogP contribution in [0.3, 0.4) is 0 Å². The molecule has 1 N–H and O–H groups in total. The fraction of sp³-hybridized carbons (Fsp3) is 0.381. The molecule has 0 unspecified atom stereocenters. The lowest BCUT2D eigenvalue weighted by molar-refractivity contribution is -0.146. The highest BCUT2D eigenvalue weighted by Crippen LogP contribution is 2.46. The smallest absolute Gasteiger partial charge is 0.341 e. The minimum atomic E-state index is -0.480. The highest BCUT2D eigenvalue weighted by Gasteiger charge is 2.32. The molecule has 6 nitrogen and oxygen atoms in total. The maximum absolute atomic E-state index is 12.3. The number of amides is 1. The molecular weight excluding hydrogens is 378 g/mol. The summed E-state index contributed by atoms with van der Waals surface area (Å²) in [4.78, 5) is 36.5. The minimum absolute atomic E-state index is 0.104. The predicted octanol–water partition coefficient (Wildman–Crippen LogP) is 3.84. The van der Waals surface area contributed by atoms with Crippen LogP contribution in [-0.2, 0) is 25.5 Å². The van der Waals surface area contributed by atoms with Gasteiger partial charge in [0.25, 0.3) is 5.91 Å². The first-order valence-electron chi connectivity index (χ1n) is 9.27. The Labute approximate surface area is 167 Å². The van der Waals surface area contributed by atoms with Gasteiger partial charge in [0.2, 0.25) is 0 Å². The van der Waals surface area contributed by atoms with Crippen molar-refractivity contribution < 1.29 is 23.9 Å². The summed E-state index contributed by atoms with van der Waals surface area (Å²) in [7, 11) is 0. The van der Waals surface area contributed by atoms with Gasteiger partial charge in [0.05, 0.1) is 18.6 Å². The van der Waals surface area contributed by atoms with Gasteiger partial charge in [0.15, 0.2) is 6.61 Å². The van der Waals surface area contributed by atoms with Gasteiger partial charge in [-0.25, -0.2) is 4.79 Å². The van der Waals surface area contributed by atoms with Crippen LogP contribution >= 0.6 is 11.3 Å². The zero-order valence-electron chi connectivity index (χ0n) is 15.9. The first kappa shape index (κ1) is 20.1.